The fourth-order valence-electron chi connectivity index (χ4n) is 5.08. The van der Waals surface area contributed by atoms with Crippen LogP contribution < -0.4 is 10.1 Å². The Morgan fingerprint density at radius 1 is 1.06 bits per heavy atom. The molecule has 2 aromatic carbocycles. The second-order valence-corrected chi connectivity index (χ2v) is 10.6. The van der Waals surface area contributed by atoms with Gasteiger partial charge >= 0.3 is 0 Å². The van der Waals surface area contributed by atoms with Gasteiger partial charge in [-0.25, -0.2) is 8.42 Å². The van der Waals surface area contributed by atoms with Gasteiger partial charge in [0, 0.05) is 37.8 Å². The molecule has 164 valence electrons. The lowest BCUT2D eigenvalue weighted by Crippen LogP contribution is -2.47. The van der Waals surface area contributed by atoms with Crippen LogP contribution in [0, 0.1) is 5.92 Å². The number of allylic oxidation sites excluding steroid dienone is 2. The molecule has 1 saturated heterocycles. The van der Waals surface area contributed by atoms with Crippen molar-refractivity contribution in [1.82, 2.24) is 9.21 Å². The van der Waals surface area contributed by atoms with E-state index in [2.05, 4.69) is 34.5 Å². The maximum atomic E-state index is 13.3. The number of methoxy groups -OCH3 is 1. The third kappa shape index (κ3) is 3.64. The van der Waals surface area contributed by atoms with Gasteiger partial charge in [-0.15, -0.1) is 0 Å². The third-order valence-corrected chi connectivity index (χ3v) is 8.78. The number of likely N-dealkylation sites (N-methyl/N-ethyl adjacent to an activating group) is 1. The summed E-state index contributed by atoms with van der Waals surface area (Å²) >= 11 is 0. The van der Waals surface area contributed by atoms with Crippen molar-refractivity contribution in [3.8, 4) is 5.75 Å². The molecule has 0 bridgehead atoms. The highest BCUT2D eigenvalue weighted by molar-refractivity contribution is 7.89. The average molecular weight is 440 g/mol. The maximum Gasteiger partial charge on any atom is 0.243 e. The van der Waals surface area contributed by atoms with Gasteiger partial charge in [0.15, 0.2) is 0 Å². The summed E-state index contributed by atoms with van der Waals surface area (Å²) in [4.78, 5) is 2.56. The van der Waals surface area contributed by atoms with E-state index in [-0.39, 0.29) is 12.0 Å². The minimum Gasteiger partial charge on any atom is -0.497 e. The van der Waals surface area contributed by atoms with Crippen molar-refractivity contribution in [3.05, 3.63) is 65.7 Å². The number of fused-ring (bicyclic) bond motifs is 3. The molecular weight excluding hydrogens is 410 g/mol. The molecule has 0 amide bonds. The predicted molar refractivity (Wildman–Crippen MR) is 122 cm³/mol. The minimum atomic E-state index is -3.48. The number of benzene rings is 2. The second-order valence-electron chi connectivity index (χ2n) is 8.71. The highest BCUT2D eigenvalue weighted by atomic mass is 32.2. The summed E-state index contributed by atoms with van der Waals surface area (Å²) in [6.45, 7) is 2.61. The van der Waals surface area contributed by atoms with Crippen molar-refractivity contribution >= 4 is 15.7 Å². The van der Waals surface area contributed by atoms with Gasteiger partial charge in [-0.05, 0) is 60.8 Å². The molecule has 2 aromatic rings. The highest BCUT2D eigenvalue weighted by Crippen LogP contribution is 2.50. The van der Waals surface area contributed by atoms with Crippen LogP contribution in [0.4, 0.5) is 5.69 Å². The van der Waals surface area contributed by atoms with Crippen molar-refractivity contribution in [2.24, 2.45) is 5.92 Å². The Labute approximate surface area is 184 Å². The molecule has 2 heterocycles. The lowest BCUT2D eigenvalue weighted by atomic mass is 9.77. The molecule has 31 heavy (non-hydrogen) atoms. The summed E-state index contributed by atoms with van der Waals surface area (Å²) in [6, 6.07) is 13.9. The molecule has 7 heteroatoms. The molecule has 6 nitrogen and oxygen atoms in total. The number of sulfonamides is 1. The van der Waals surface area contributed by atoms with Gasteiger partial charge in [0.2, 0.25) is 10.0 Å². The number of anilines is 1. The van der Waals surface area contributed by atoms with E-state index in [1.807, 2.05) is 31.3 Å². The van der Waals surface area contributed by atoms with E-state index in [1.54, 1.807) is 17.5 Å². The number of hydrogen-bond donors (Lipinski definition) is 1. The van der Waals surface area contributed by atoms with Crippen LogP contribution in [0.15, 0.2) is 59.5 Å². The van der Waals surface area contributed by atoms with Gasteiger partial charge in [-0.3, -0.25) is 0 Å². The fourth-order valence-corrected chi connectivity index (χ4v) is 6.53. The van der Waals surface area contributed by atoms with Crippen LogP contribution in [-0.4, -0.2) is 58.0 Å². The first kappa shape index (κ1) is 20.5. The molecule has 2 aliphatic heterocycles. The number of nitrogens with zero attached hydrogens (tertiary/aromatic N) is 2. The Morgan fingerprint density at radius 3 is 2.65 bits per heavy atom. The number of rotatable bonds is 4. The summed E-state index contributed by atoms with van der Waals surface area (Å²) in [5, 5.41) is 3.69. The summed E-state index contributed by atoms with van der Waals surface area (Å²) < 4.78 is 33.6. The largest absolute Gasteiger partial charge is 0.497 e. The first-order valence-electron chi connectivity index (χ1n) is 10.9. The van der Waals surface area contributed by atoms with Crippen molar-refractivity contribution in [2.75, 3.05) is 45.7 Å². The quantitative estimate of drug-likeness (QED) is 0.740. The number of piperazine rings is 1. The third-order valence-electron chi connectivity index (χ3n) is 6.89. The zero-order chi connectivity index (χ0) is 21.6. The molecule has 3 unspecified atom stereocenters. The SMILES string of the molecule is COc1cccc(C2Nc3ccc(S(=O)(=O)N4CCN(C)CC4)cc3C3C=CCC32)c1. The number of ether oxygens (including phenoxy) is 1. The normalized spacial score (nSPS) is 26.2. The molecule has 0 radical (unpaired) electrons. The first-order chi connectivity index (χ1) is 15.0. The summed E-state index contributed by atoms with van der Waals surface area (Å²) in [5.74, 6) is 1.40. The summed E-state index contributed by atoms with van der Waals surface area (Å²) in [7, 11) is 0.229. The van der Waals surface area contributed by atoms with E-state index < -0.39 is 10.0 Å². The number of hydrogen-bond acceptors (Lipinski definition) is 5. The smallest absolute Gasteiger partial charge is 0.243 e. The standard InChI is InChI=1S/C24H29N3O3S/c1-26-11-13-27(14-12-26)31(28,29)19-9-10-23-22(16-19)20-7-4-8-21(20)24(25-23)17-5-3-6-18(15-17)30-2/h3-7,9-10,15-16,20-21,24-25H,8,11-14H2,1-2H3. The predicted octanol–water partition coefficient (Wildman–Crippen LogP) is 3.46. The topological polar surface area (TPSA) is 61.9 Å². The molecule has 5 rings (SSSR count). The van der Waals surface area contributed by atoms with E-state index >= 15 is 0 Å². The molecule has 1 aliphatic carbocycles. The van der Waals surface area contributed by atoms with Crippen LogP contribution in [-0.2, 0) is 10.0 Å². The zero-order valence-electron chi connectivity index (χ0n) is 18.0. The molecule has 0 aromatic heterocycles. The Balaban J connectivity index is 1.48. The van der Waals surface area contributed by atoms with E-state index in [4.69, 9.17) is 4.74 Å². The fraction of sp³-hybridized carbons (Fsp3) is 0.417. The van der Waals surface area contributed by atoms with E-state index in [0.717, 1.165) is 36.5 Å². The lowest BCUT2D eigenvalue weighted by Gasteiger charge is -2.38. The van der Waals surface area contributed by atoms with Crippen LogP contribution in [0.2, 0.25) is 0 Å². The lowest BCUT2D eigenvalue weighted by molar-refractivity contribution is 0.222. The Hall–Kier alpha value is -2.35. The summed E-state index contributed by atoms with van der Waals surface area (Å²) in [5.41, 5.74) is 3.28. The van der Waals surface area contributed by atoms with E-state index in [9.17, 15) is 8.42 Å². The number of nitrogens with one attached hydrogen (secondary N) is 1. The van der Waals surface area contributed by atoms with Crippen LogP contribution in [0.5, 0.6) is 5.75 Å². The average Bonchev–Trinajstić information content (AvgIpc) is 3.29. The van der Waals surface area contributed by atoms with Crippen molar-refractivity contribution in [2.45, 2.75) is 23.3 Å². The van der Waals surface area contributed by atoms with E-state index in [1.165, 1.54) is 5.56 Å². The molecule has 1 fully saturated rings. The second kappa shape index (κ2) is 7.97. The summed E-state index contributed by atoms with van der Waals surface area (Å²) in [6.07, 6.45) is 5.43. The van der Waals surface area contributed by atoms with Crippen molar-refractivity contribution in [3.63, 3.8) is 0 Å². The Kier molecular flexibility index (Phi) is 5.28. The van der Waals surface area contributed by atoms with Gasteiger partial charge in [0.05, 0.1) is 18.0 Å². The van der Waals surface area contributed by atoms with Gasteiger partial charge in [0.1, 0.15) is 5.75 Å². The Bertz CT molecular complexity index is 1110. The zero-order valence-corrected chi connectivity index (χ0v) is 18.8. The van der Waals surface area contributed by atoms with Crippen molar-refractivity contribution < 1.29 is 13.2 Å². The monoisotopic (exact) mass is 439 g/mol. The molecule has 1 N–H and O–H groups in total. The van der Waals surface area contributed by atoms with Crippen LogP contribution in [0.3, 0.4) is 0 Å². The molecule has 0 saturated carbocycles. The van der Waals surface area contributed by atoms with Crippen LogP contribution in [0.25, 0.3) is 0 Å². The van der Waals surface area contributed by atoms with Crippen LogP contribution in [0.1, 0.15) is 29.5 Å². The minimum absolute atomic E-state index is 0.155. The molecule has 3 aliphatic rings. The first-order valence-corrected chi connectivity index (χ1v) is 12.3. The molecule has 3 atom stereocenters. The van der Waals surface area contributed by atoms with E-state index in [0.29, 0.717) is 23.9 Å². The van der Waals surface area contributed by atoms with Gasteiger partial charge < -0.3 is 15.0 Å². The molecular formula is C24H29N3O3S. The maximum absolute atomic E-state index is 13.3. The van der Waals surface area contributed by atoms with Crippen molar-refractivity contribution in [1.29, 1.82) is 0 Å². The highest BCUT2D eigenvalue weighted by Gasteiger charge is 2.39. The van der Waals surface area contributed by atoms with Gasteiger partial charge in [-0.2, -0.15) is 4.31 Å². The Morgan fingerprint density at radius 2 is 1.87 bits per heavy atom. The van der Waals surface area contributed by atoms with Gasteiger partial charge in [0.25, 0.3) is 0 Å². The van der Waals surface area contributed by atoms with Gasteiger partial charge in [-0.1, -0.05) is 24.3 Å². The molecule has 0 spiro atoms. The van der Waals surface area contributed by atoms with Crippen LogP contribution >= 0.6 is 0 Å².